The largest absolute Gasteiger partial charge is 0.396 e. The molecule has 2 unspecified atom stereocenters. The molecule has 2 aliphatic rings. The van der Waals surface area contributed by atoms with E-state index in [2.05, 4.69) is 93.1 Å². The molecule has 4 nitrogen and oxygen atoms in total. The molecule has 0 bridgehead atoms. The minimum Gasteiger partial charge on any atom is -0.396 e. The minimum atomic E-state index is 0.230. The zero-order valence-electron chi connectivity index (χ0n) is 40.6. The lowest BCUT2D eigenvalue weighted by atomic mass is 10.00. The summed E-state index contributed by atoms with van der Waals surface area (Å²) < 4.78 is 4.62. The molecule has 0 aromatic carbocycles. The Morgan fingerprint density at radius 1 is 0.736 bits per heavy atom. The molecular formula is C49H106O4. The second-order valence-electron chi connectivity index (χ2n) is 13.9. The molecule has 0 aliphatic heterocycles. The van der Waals surface area contributed by atoms with Gasteiger partial charge in [0.1, 0.15) is 11.6 Å². The van der Waals surface area contributed by atoms with E-state index in [0.29, 0.717) is 24.7 Å². The predicted octanol–water partition coefficient (Wildman–Crippen LogP) is 16.6. The summed E-state index contributed by atoms with van der Waals surface area (Å²) in [6.07, 6.45) is 27.1. The van der Waals surface area contributed by atoms with Gasteiger partial charge in [-0.15, -0.1) is 0 Å². The summed E-state index contributed by atoms with van der Waals surface area (Å²) in [5.74, 6) is 4.16. The summed E-state index contributed by atoms with van der Waals surface area (Å²) in [4.78, 5) is 21.1. The van der Waals surface area contributed by atoms with Gasteiger partial charge in [0.2, 0.25) is 0 Å². The topological polar surface area (TPSA) is 63.6 Å². The third-order valence-corrected chi connectivity index (χ3v) is 7.20. The van der Waals surface area contributed by atoms with E-state index in [-0.39, 0.29) is 12.4 Å². The van der Waals surface area contributed by atoms with Crippen molar-refractivity contribution in [2.24, 2.45) is 23.7 Å². The molecule has 1 fully saturated rings. The van der Waals surface area contributed by atoms with E-state index in [4.69, 9.17) is 5.11 Å². The summed E-state index contributed by atoms with van der Waals surface area (Å²) in [5.41, 5.74) is 1.18. The molecule has 4 heteroatoms. The lowest BCUT2D eigenvalue weighted by molar-refractivity contribution is -0.118. The Labute approximate surface area is 338 Å². The van der Waals surface area contributed by atoms with E-state index < -0.39 is 0 Å². The van der Waals surface area contributed by atoms with Crippen molar-refractivity contribution < 1.29 is 19.4 Å². The number of Topliss-reactive ketones (excluding diaryl/α,β-unsaturated/α-hetero) is 2. The van der Waals surface area contributed by atoms with E-state index in [1.165, 1.54) is 76.2 Å². The van der Waals surface area contributed by atoms with Gasteiger partial charge in [0, 0.05) is 33.2 Å². The summed E-state index contributed by atoms with van der Waals surface area (Å²) >= 11 is 0. The molecule has 1 N–H and O–H groups in total. The fraction of sp³-hybridized carbons (Fsp3) is 0.878. The third kappa shape index (κ3) is 99.9. The van der Waals surface area contributed by atoms with Crippen LogP contribution in [-0.2, 0) is 14.3 Å². The van der Waals surface area contributed by atoms with E-state index in [9.17, 15) is 9.59 Å². The van der Waals surface area contributed by atoms with E-state index in [1.54, 1.807) is 21.0 Å². The number of allylic oxidation sites excluding steroid dienone is 4. The Bertz CT molecular complexity index is 655. The second-order valence-corrected chi connectivity index (χ2v) is 13.9. The Morgan fingerprint density at radius 2 is 1.25 bits per heavy atom. The Hall–Kier alpha value is -1.26. The first-order valence-electron chi connectivity index (χ1n) is 22.7. The maximum absolute atomic E-state index is 10.6. The van der Waals surface area contributed by atoms with Crippen molar-refractivity contribution in [3.63, 3.8) is 0 Å². The normalized spacial score (nSPS) is 12.5. The Morgan fingerprint density at radius 3 is 1.47 bits per heavy atom. The van der Waals surface area contributed by atoms with Crippen molar-refractivity contribution in [3.8, 4) is 0 Å². The standard InChI is InChI=1S/C9H12O.C9H20.C7H14O.C7H14.C4H10O2.C4H10.C3H8.3C2H6/c1-8(10)7-9-5-3-2-4-6-9;1-4-6-8-9(3)7-5-2;1-4-6(2)5-7(3)8;1-6(2)5-7-3-4-7;1-6-4-2-3-5;1-3-4-2;1-3-2;3*1-2/h3,5-6H,2,4,7H2,1H3;9H,4-8H2,1-3H3;6H,4-5H2,1-3H3;6-7H,3-5H2,1-2H3;5H,2-4H2,1H3;3-4H2,1-2H3;3H2,1-2H3;3*1-2H3. The number of hydrogen-bond donors (Lipinski definition) is 1. The fourth-order valence-corrected chi connectivity index (χ4v) is 4.14. The maximum atomic E-state index is 10.6. The number of carbonyl (C=O) groups is 2. The molecule has 2 rings (SSSR count). The highest BCUT2D eigenvalue weighted by molar-refractivity contribution is 5.78. The molecule has 53 heavy (non-hydrogen) atoms. The Balaban J connectivity index is -0.0000000741. The number of carbonyl (C=O) groups excluding carboxylic acids is 2. The van der Waals surface area contributed by atoms with Crippen LogP contribution in [-0.4, -0.2) is 37.0 Å². The number of aliphatic hydroxyl groups is 1. The van der Waals surface area contributed by atoms with Crippen LogP contribution in [0, 0.1) is 23.7 Å². The van der Waals surface area contributed by atoms with Crippen LogP contribution in [0.15, 0.2) is 23.8 Å². The highest BCUT2D eigenvalue weighted by Crippen LogP contribution is 2.34. The molecule has 0 amide bonds. The second kappa shape index (κ2) is 68.7. The van der Waals surface area contributed by atoms with Crippen LogP contribution < -0.4 is 0 Å². The minimum absolute atomic E-state index is 0.230. The molecule has 0 radical (unpaired) electrons. The van der Waals surface area contributed by atoms with Crippen LogP contribution >= 0.6 is 0 Å². The van der Waals surface area contributed by atoms with Crippen molar-refractivity contribution in [2.45, 2.75) is 241 Å². The number of rotatable bonds is 16. The highest BCUT2D eigenvalue weighted by Gasteiger charge is 2.21. The number of hydrogen-bond acceptors (Lipinski definition) is 4. The highest BCUT2D eigenvalue weighted by atomic mass is 16.5. The van der Waals surface area contributed by atoms with Gasteiger partial charge in [-0.25, -0.2) is 0 Å². The van der Waals surface area contributed by atoms with Crippen molar-refractivity contribution in [1.29, 1.82) is 0 Å². The van der Waals surface area contributed by atoms with Crippen LogP contribution in [0.25, 0.3) is 0 Å². The first-order chi connectivity index (χ1) is 25.3. The fourth-order valence-electron chi connectivity index (χ4n) is 4.14. The lowest BCUT2D eigenvalue weighted by Crippen LogP contribution is -1.98. The summed E-state index contributed by atoms with van der Waals surface area (Å²) in [6, 6.07) is 0. The monoisotopic (exact) mass is 759 g/mol. The zero-order chi connectivity index (χ0) is 43.3. The van der Waals surface area contributed by atoms with Crippen LogP contribution in [0.2, 0.25) is 0 Å². The maximum Gasteiger partial charge on any atom is 0.134 e. The molecule has 326 valence electrons. The first kappa shape index (κ1) is 69.6. The molecule has 0 aromatic rings. The average Bonchev–Trinajstić information content (AvgIpc) is 3.97. The summed E-state index contributed by atoms with van der Waals surface area (Å²) in [6.45, 7) is 40.5. The van der Waals surface area contributed by atoms with Crippen molar-refractivity contribution >= 4 is 11.6 Å². The van der Waals surface area contributed by atoms with Gasteiger partial charge >= 0.3 is 0 Å². The van der Waals surface area contributed by atoms with E-state index in [1.807, 2.05) is 47.6 Å². The SMILES string of the molecule is CC.CC.CC.CC(=O)CC1=CCCC=C1.CC(C)CC1CC1.CCC.CCC(C)CC(C)=O.CCCC.CCCCC(C)CCC.COCCCO. The zero-order valence-corrected chi connectivity index (χ0v) is 40.6. The van der Waals surface area contributed by atoms with Gasteiger partial charge in [0.05, 0.1) is 0 Å². The van der Waals surface area contributed by atoms with Gasteiger partial charge in [-0.2, -0.15) is 0 Å². The number of unbranched alkanes of at least 4 members (excludes halogenated alkanes) is 2. The predicted molar refractivity (Wildman–Crippen MR) is 246 cm³/mol. The number of ketones is 2. The number of methoxy groups -OCH3 is 1. The van der Waals surface area contributed by atoms with Gasteiger partial charge in [-0.05, 0) is 68.8 Å². The van der Waals surface area contributed by atoms with Gasteiger partial charge in [-0.1, -0.05) is 207 Å². The smallest absolute Gasteiger partial charge is 0.134 e. The molecule has 2 aliphatic carbocycles. The molecular weight excluding hydrogens is 653 g/mol. The van der Waals surface area contributed by atoms with E-state index in [0.717, 1.165) is 49.9 Å². The molecule has 2 atom stereocenters. The van der Waals surface area contributed by atoms with Crippen LogP contribution in [0.5, 0.6) is 0 Å². The first-order valence-corrected chi connectivity index (χ1v) is 22.7. The lowest BCUT2D eigenvalue weighted by Gasteiger charge is -2.07. The van der Waals surface area contributed by atoms with Gasteiger partial charge < -0.3 is 14.6 Å². The molecule has 0 saturated heterocycles. The van der Waals surface area contributed by atoms with Crippen LogP contribution in [0.1, 0.15) is 241 Å². The van der Waals surface area contributed by atoms with Gasteiger partial charge in [-0.3, -0.25) is 4.79 Å². The molecule has 0 spiro atoms. The molecule has 1 saturated carbocycles. The number of aliphatic hydroxyl groups excluding tert-OH is 1. The summed E-state index contributed by atoms with van der Waals surface area (Å²) in [7, 11) is 1.62. The summed E-state index contributed by atoms with van der Waals surface area (Å²) in [5, 5.41) is 8.12. The molecule has 0 aromatic heterocycles. The third-order valence-electron chi connectivity index (χ3n) is 7.20. The van der Waals surface area contributed by atoms with Crippen molar-refractivity contribution in [1.82, 2.24) is 0 Å². The number of ether oxygens (including phenoxy) is 1. The van der Waals surface area contributed by atoms with Gasteiger partial charge in [0.15, 0.2) is 0 Å². The van der Waals surface area contributed by atoms with Gasteiger partial charge in [0.25, 0.3) is 0 Å². The van der Waals surface area contributed by atoms with Crippen molar-refractivity contribution in [3.05, 3.63) is 23.8 Å². The van der Waals surface area contributed by atoms with E-state index >= 15 is 0 Å². The average molecular weight is 759 g/mol. The van der Waals surface area contributed by atoms with Crippen molar-refractivity contribution in [2.75, 3.05) is 20.3 Å². The Kier molecular flexibility index (Phi) is 90.3. The van der Waals surface area contributed by atoms with Crippen LogP contribution in [0.4, 0.5) is 0 Å². The quantitative estimate of drug-likeness (QED) is 0.159. The molecule has 0 heterocycles. The van der Waals surface area contributed by atoms with Crippen LogP contribution in [0.3, 0.4) is 0 Å².